The van der Waals surface area contributed by atoms with Crippen molar-refractivity contribution in [3.8, 4) is 0 Å². The predicted octanol–water partition coefficient (Wildman–Crippen LogP) is 7.96. The number of fused-ring (bicyclic) bond motifs is 1. The first-order valence-electron chi connectivity index (χ1n) is 12.0. The van der Waals surface area contributed by atoms with E-state index in [-0.39, 0.29) is 0 Å². The molecule has 0 nitrogen and oxygen atoms in total. The van der Waals surface area contributed by atoms with Crippen molar-refractivity contribution in [3.05, 3.63) is 0 Å². The van der Waals surface area contributed by atoms with Gasteiger partial charge in [-0.15, -0.1) is 0 Å². The molecular formula is C25H46. The average molecular weight is 347 g/mol. The minimum absolute atomic E-state index is 0.875. The van der Waals surface area contributed by atoms with Gasteiger partial charge in [0.1, 0.15) is 0 Å². The molecule has 0 radical (unpaired) electrons. The summed E-state index contributed by atoms with van der Waals surface area (Å²) < 4.78 is 0. The normalized spacial score (nSPS) is 41.5. The van der Waals surface area contributed by atoms with E-state index in [1.807, 2.05) is 0 Å². The van der Waals surface area contributed by atoms with Crippen molar-refractivity contribution in [3.63, 3.8) is 0 Å². The van der Waals surface area contributed by atoms with E-state index in [0.717, 1.165) is 53.3 Å². The van der Waals surface area contributed by atoms with Crippen LogP contribution in [0.3, 0.4) is 0 Å². The summed E-state index contributed by atoms with van der Waals surface area (Å²) in [6.45, 7) is 12.6. The van der Waals surface area contributed by atoms with Gasteiger partial charge in [-0.2, -0.15) is 0 Å². The third-order valence-electron chi connectivity index (χ3n) is 8.89. The van der Waals surface area contributed by atoms with Crippen LogP contribution in [-0.4, -0.2) is 0 Å². The van der Waals surface area contributed by atoms with Crippen molar-refractivity contribution < 1.29 is 0 Å². The van der Waals surface area contributed by atoms with Gasteiger partial charge in [-0.1, -0.05) is 86.0 Å². The fraction of sp³-hybridized carbons (Fsp3) is 1.00. The second-order valence-corrected chi connectivity index (χ2v) is 10.8. The maximum atomic E-state index is 2.62. The van der Waals surface area contributed by atoms with Gasteiger partial charge in [0.15, 0.2) is 0 Å². The first kappa shape index (κ1) is 19.8. The highest BCUT2D eigenvalue weighted by Gasteiger charge is 2.54. The van der Waals surface area contributed by atoms with Crippen LogP contribution in [0.1, 0.15) is 105 Å². The quantitative estimate of drug-likeness (QED) is 0.473. The molecule has 0 heterocycles. The Morgan fingerprint density at radius 1 is 0.840 bits per heavy atom. The van der Waals surface area contributed by atoms with Crippen LogP contribution in [0.15, 0.2) is 0 Å². The smallest absolute Gasteiger partial charge is 0.0323 e. The van der Waals surface area contributed by atoms with Crippen LogP contribution in [0.4, 0.5) is 0 Å². The molecule has 3 aliphatic carbocycles. The fourth-order valence-electron chi connectivity index (χ4n) is 7.40. The highest BCUT2D eigenvalue weighted by molar-refractivity contribution is 5.03. The number of hydrogen-bond acceptors (Lipinski definition) is 0. The minimum atomic E-state index is 0.875. The molecule has 146 valence electrons. The van der Waals surface area contributed by atoms with E-state index in [1.165, 1.54) is 51.4 Å². The molecule has 0 heteroatoms. The zero-order chi connectivity index (χ0) is 18.0. The Labute approximate surface area is 158 Å². The van der Waals surface area contributed by atoms with E-state index in [9.17, 15) is 0 Å². The lowest BCUT2D eigenvalue weighted by Gasteiger charge is -2.61. The summed E-state index contributed by atoms with van der Waals surface area (Å²) in [5.41, 5.74) is 0. The van der Waals surface area contributed by atoms with Gasteiger partial charge in [-0.3, -0.25) is 0 Å². The molecule has 0 aromatic rings. The SMILES string of the molecule is CCC(CC(C)C)C1CC(C)C(C)C2C(C3CCCCCCC3)CC12. The molecule has 0 N–H and O–H groups in total. The third-order valence-corrected chi connectivity index (χ3v) is 8.89. The van der Waals surface area contributed by atoms with Gasteiger partial charge in [0.2, 0.25) is 0 Å². The van der Waals surface area contributed by atoms with Crippen molar-refractivity contribution in [2.75, 3.05) is 0 Å². The highest BCUT2D eigenvalue weighted by Crippen LogP contribution is 2.61. The van der Waals surface area contributed by atoms with E-state index in [1.54, 1.807) is 19.3 Å². The highest BCUT2D eigenvalue weighted by atomic mass is 14.6. The van der Waals surface area contributed by atoms with Crippen LogP contribution in [0.5, 0.6) is 0 Å². The van der Waals surface area contributed by atoms with Crippen LogP contribution in [0.25, 0.3) is 0 Å². The molecule has 0 amide bonds. The summed E-state index contributed by atoms with van der Waals surface area (Å²) in [5.74, 6) is 9.23. The average Bonchev–Trinajstić information content (AvgIpc) is 2.51. The molecule has 7 atom stereocenters. The Morgan fingerprint density at radius 3 is 2.08 bits per heavy atom. The van der Waals surface area contributed by atoms with Crippen molar-refractivity contribution >= 4 is 0 Å². The summed E-state index contributed by atoms with van der Waals surface area (Å²) in [7, 11) is 0. The maximum absolute atomic E-state index is 2.62. The molecule has 0 aliphatic heterocycles. The van der Waals surface area contributed by atoms with Crippen molar-refractivity contribution in [2.24, 2.45) is 53.3 Å². The molecule has 0 saturated heterocycles. The van der Waals surface area contributed by atoms with Crippen molar-refractivity contribution in [1.82, 2.24) is 0 Å². The van der Waals surface area contributed by atoms with Crippen LogP contribution in [0, 0.1) is 53.3 Å². The van der Waals surface area contributed by atoms with E-state index in [4.69, 9.17) is 0 Å². The molecule has 3 fully saturated rings. The first-order valence-corrected chi connectivity index (χ1v) is 12.0. The summed E-state index contributed by atoms with van der Waals surface area (Å²) >= 11 is 0. The molecule has 25 heavy (non-hydrogen) atoms. The minimum Gasteiger partial charge on any atom is -0.0651 e. The van der Waals surface area contributed by atoms with Crippen LogP contribution in [0.2, 0.25) is 0 Å². The van der Waals surface area contributed by atoms with E-state index in [2.05, 4.69) is 34.6 Å². The molecule has 3 rings (SSSR count). The number of rotatable bonds is 5. The van der Waals surface area contributed by atoms with E-state index in [0.29, 0.717) is 0 Å². The van der Waals surface area contributed by atoms with Crippen molar-refractivity contribution in [2.45, 2.75) is 105 Å². The molecule has 0 aromatic carbocycles. The Morgan fingerprint density at radius 2 is 1.48 bits per heavy atom. The number of hydrogen-bond donors (Lipinski definition) is 0. The van der Waals surface area contributed by atoms with Crippen LogP contribution < -0.4 is 0 Å². The Balaban J connectivity index is 1.69. The van der Waals surface area contributed by atoms with Crippen LogP contribution in [-0.2, 0) is 0 Å². The molecular weight excluding hydrogens is 300 g/mol. The molecule has 0 bridgehead atoms. The topological polar surface area (TPSA) is 0 Å². The van der Waals surface area contributed by atoms with Gasteiger partial charge in [0, 0.05) is 0 Å². The second-order valence-electron chi connectivity index (χ2n) is 10.8. The van der Waals surface area contributed by atoms with Crippen molar-refractivity contribution in [1.29, 1.82) is 0 Å². The van der Waals surface area contributed by atoms with E-state index >= 15 is 0 Å². The summed E-state index contributed by atoms with van der Waals surface area (Å²) in [5, 5.41) is 0. The zero-order valence-corrected chi connectivity index (χ0v) is 18.0. The molecule has 7 unspecified atom stereocenters. The monoisotopic (exact) mass is 346 g/mol. The van der Waals surface area contributed by atoms with Gasteiger partial charge >= 0.3 is 0 Å². The Hall–Kier alpha value is 0. The van der Waals surface area contributed by atoms with Gasteiger partial charge < -0.3 is 0 Å². The fourth-order valence-corrected chi connectivity index (χ4v) is 7.40. The molecule has 3 aliphatic rings. The zero-order valence-electron chi connectivity index (χ0n) is 18.0. The Kier molecular flexibility index (Phi) is 6.95. The van der Waals surface area contributed by atoms with Gasteiger partial charge in [0.05, 0.1) is 0 Å². The first-order chi connectivity index (χ1) is 12.0. The second kappa shape index (κ2) is 8.79. The summed E-state index contributed by atoms with van der Waals surface area (Å²) in [6, 6.07) is 0. The lowest BCUT2D eigenvalue weighted by atomic mass is 9.44. The largest absolute Gasteiger partial charge is 0.0651 e. The summed E-state index contributed by atoms with van der Waals surface area (Å²) in [6.07, 6.45) is 16.7. The molecule has 3 saturated carbocycles. The van der Waals surface area contributed by atoms with Gasteiger partial charge in [0.25, 0.3) is 0 Å². The van der Waals surface area contributed by atoms with Crippen LogP contribution >= 0.6 is 0 Å². The predicted molar refractivity (Wildman–Crippen MR) is 111 cm³/mol. The lowest BCUT2D eigenvalue weighted by Crippen LogP contribution is -2.54. The lowest BCUT2D eigenvalue weighted by molar-refractivity contribution is -0.120. The standard InChI is InChI=1S/C25H46/c1-6-20(14-17(2)3)22-15-18(4)19(5)25-23(16-24(22)25)21-12-10-8-7-9-11-13-21/h17-25H,6-16H2,1-5H3. The molecule has 0 aromatic heterocycles. The van der Waals surface area contributed by atoms with Gasteiger partial charge in [-0.25, -0.2) is 0 Å². The molecule has 0 spiro atoms. The third kappa shape index (κ3) is 4.30. The van der Waals surface area contributed by atoms with Gasteiger partial charge in [-0.05, 0) is 72.5 Å². The summed E-state index contributed by atoms with van der Waals surface area (Å²) in [4.78, 5) is 0. The van der Waals surface area contributed by atoms with E-state index < -0.39 is 0 Å². The maximum Gasteiger partial charge on any atom is -0.0323 e. The Bertz CT molecular complexity index is 389.